The molecule has 0 atom stereocenters. The zero-order valence-corrected chi connectivity index (χ0v) is 12.9. The van der Waals surface area contributed by atoms with E-state index in [-0.39, 0.29) is 0 Å². The standard InChI is InChI=1S/C12H23O.CH3.Ca/c1-2-3-4-5-6-7-8-9-10-11-12-13;;/h2-11H2,1H3;1H3;. The van der Waals surface area contributed by atoms with Crippen molar-refractivity contribution in [3.8, 4) is 0 Å². The molecule has 0 aromatic carbocycles. The van der Waals surface area contributed by atoms with Crippen LogP contribution >= 0.6 is 0 Å². The summed E-state index contributed by atoms with van der Waals surface area (Å²) >= 11 is -0.730. The summed E-state index contributed by atoms with van der Waals surface area (Å²) in [6.45, 7) is 2.26. The molecule has 0 aliphatic heterocycles. The monoisotopic (exact) mass is 238 g/mol. The first-order valence-corrected chi connectivity index (χ1v) is 10.1. The Morgan fingerprint density at radius 3 is 1.80 bits per heavy atom. The Hall–Kier alpha value is 0.930. The van der Waals surface area contributed by atoms with Crippen LogP contribution in [0.3, 0.4) is 0 Å². The van der Waals surface area contributed by atoms with Crippen molar-refractivity contribution in [1.29, 1.82) is 0 Å². The summed E-state index contributed by atoms with van der Waals surface area (Å²) in [5.41, 5.74) is 0. The predicted octanol–water partition coefficient (Wildman–Crippen LogP) is 4.19. The van der Waals surface area contributed by atoms with Gasteiger partial charge in [0, 0.05) is 0 Å². The molecule has 0 amide bonds. The van der Waals surface area contributed by atoms with Crippen LogP contribution in [0.15, 0.2) is 0 Å². The van der Waals surface area contributed by atoms with E-state index in [9.17, 15) is 4.79 Å². The molecule has 0 rings (SSSR count). The Morgan fingerprint density at radius 1 is 0.867 bits per heavy atom. The van der Waals surface area contributed by atoms with E-state index in [0.29, 0.717) is 1.88 Å². The third-order valence-electron chi connectivity index (χ3n) is 2.95. The van der Waals surface area contributed by atoms with E-state index in [1.165, 1.54) is 51.4 Å². The van der Waals surface area contributed by atoms with Crippen molar-refractivity contribution in [2.45, 2.75) is 74.2 Å². The third-order valence-corrected chi connectivity index (χ3v) is 4.74. The predicted molar refractivity (Wildman–Crippen MR) is 68.5 cm³/mol. The van der Waals surface area contributed by atoms with Crippen molar-refractivity contribution >= 4 is 35.7 Å². The summed E-state index contributed by atoms with van der Waals surface area (Å²) in [6, 6.07) is 0. The molecule has 1 nitrogen and oxygen atoms in total. The van der Waals surface area contributed by atoms with Gasteiger partial charge in [-0.3, -0.25) is 0 Å². The summed E-state index contributed by atoms with van der Waals surface area (Å²) in [5.74, 6) is 0. The Balaban J connectivity index is 2.95. The molecule has 0 aliphatic carbocycles. The zero-order valence-electron chi connectivity index (χ0n) is 10.7. The number of carbonyl (C=O) groups is 1. The van der Waals surface area contributed by atoms with E-state index in [4.69, 9.17) is 0 Å². The number of rotatable bonds is 11. The number of hydrogen-bond donors (Lipinski definition) is 0. The molecule has 0 aromatic heterocycles. The fourth-order valence-electron chi connectivity index (χ4n) is 1.81. The van der Waals surface area contributed by atoms with Gasteiger partial charge in [0.1, 0.15) is 0 Å². The molecule has 0 saturated heterocycles. The number of hydrogen-bond acceptors (Lipinski definition) is 1. The topological polar surface area (TPSA) is 17.1 Å². The van der Waals surface area contributed by atoms with E-state index in [1.54, 1.807) is 0 Å². The molecule has 0 aliphatic rings. The van der Waals surface area contributed by atoms with Gasteiger partial charge in [-0.2, -0.15) is 0 Å². The molecule has 15 heavy (non-hydrogen) atoms. The van der Waals surface area contributed by atoms with E-state index in [1.807, 2.05) is 0 Å². The molecule has 0 fully saturated rings. The first kappa shape index (κ1) is 15.9. The molecule has 0 bridgehead atoms. The average molecular weight is 238 g/mol. The van der Waals surface area contributed by atoms with Gasteiger partial charge in [0.25, 0.3) is 0 Å². The van der Waals surface area contributed by atoms with Crippen LogP contribution in [0.4, 0.5) is 0 Å². The van der Waals surface area contributed by atoms with Gasteiger partial charge in [-0.1, -0.05) is 0 Å². The Labute approximate surface area is 114 Å². The number of unbranched alkanes of at least 4 members (excludes halogenated alkanes) is 8. The maximum absolute atomic E-state index is 11.1. The summed E-state index contributed by atoms with van der Waals surface area (Å²) < 4.78 is 2.76. The fraction of sp³-hybridized carbons (Fsp3) is 0.923. The molecule has 0 aromatic rings. The zero-order chi connectivity index (χ0) is 11.4. The van der Waals surface area contributed by atoms with Crippen LogP contribution in [0.5, 0.6) is 0 Å². The van der Waals surface area contributed by atoms with Crippen molar-refractivity contribution in [3.05, 3.63) is 0 Å². The second kappa shape index (κ2) is 13.0. The van der Waals surface area contributed by atoms with Gasteiger partial charge in [0.15, 0.2) is 0 Å². The summed E-state index contributed by atoms with van der Waals surface area (Å²) in [7, 11) is 0. The van der Waals surface area contributed by atoms with Crippen LogP contribution in [0.2, 0.25) is 3.02 Å². The molecule has 0 spiro atoms. The molecular formula is C13H26CaO. The van der Waals surface area contributed by atoms with Crippen molar-refractivity contribution in [1.82, 2.24) is 0 Å². The van der Waals surface area contributed by atoms with Gasteiger partial charge in [0.05, 0.1) is 0 Å². The van der Waals surface area contributed by atoms with Crippen LogP contribution in [0.25, 0.3) is 0 Å². The summed E-state index contributed by atoms with van der Waals surface area (Å²) in [5, 5.41) is 0. The van der Waals surface area contributed by atoms with E-state index in [2.05, 4.69) is 9.94 Å². The quantitative estimate of drug-likeness (QED) is 0.390. The van der Waals surface area contributed by atoms with Crippen LogP contribution in [-0.2, 0) is 4.79 Å². The first-order valence-electron chi connectivity index (χ1n) is 6.83. The molecule has 0 heterocycles. The van der Waals surface area contributed by atoms with Gasteiger partial charge < -0.3 is 0 Å². The maximum atomic E-state index is 11.1. The molecule has 0 radical (unpaired) electrons. The molecule has 2 heteroatoms. The van der Waals surface area contributed by atoms with Crippen LogP contribution in [0, 0.1) is 0 Å². The van der Waals surface area contributed by atoms with Crippen molar-refractivity contribution in [2.75, 3.05) is 0 Å². The SMILES string of the molecule is CCCCCCCCCCC[C](=O)[Ca][CH3]. The van der Waals surface area contributed by atoms with Gasteiger partial charge >= 0.3 is 115 Å². The molecule has 0 N–H and O–H groups in total. The fourth-order valence-corrected chi connectivity index (χ4v) is 2.75. The Morgan fingerprint density at radius 2 is 1.33 bits per heavy atom. The van der Waals surface area contributed by atoms with Crippen LogP contribution in [0.1, 0.15) is 71.1 Å². The van der Waals surface area contributed by atoms with Gasteiger partial charge in [0.2, 0.25) is 0 Å². The van der Waals surface area contributed by atoms with E-state index < -0.39 is 33.8 Å². The normalized spacial score (nSPS) is 10.0. The third kappa shape index (κ3) is 12.9. The summed E-state index contributed by atoms with van der Waals surface area (Å²) in [6.07, 6.45) is 13.0. The van der Waals surface area contributed by atoms with E-state index in [0.717, 1.165) is 12.8 Å². The Kier molecular flexibility index (Phi) is 13.8. The Bertz CT molecular complexity index is 145. The van der Waals surface area contributed by atoms with Crippen LogP contribution < -0.4 is 0 Å². The van der Waals surface area contributed by atoms with E-state index >= 15 is 0 Å². The minimum absolute atomic E-state index is 0.616. The molecule has 86 valence electrons. The van der Waals surface area contributed by atoms with Gasteiger partial charge in [-0.15, -0.1) is 0 Å². The summed E-state index contributed by atoms with van der Waals surface area (Å²) in [4.78, 5) is 11.1. The van der Waals surface area contributed by atoms with Crippen molar-refractivity contribution in [3.63, 3.8) is 0 Å². The van der Waals surface area contributed by atoms with Gasteiger partial charge in [-0.25, -0.2) is 0 Å². The van der Waals surface area contributed by atoms with Crippen LogP contribution in [-0.4, -0.2) is 35.7 Å². The van der Waals surface area contributed by atoms with Crippen molar-refractivity contribution < 1.29 is 4.79 Å². The molecule has 0 unspecified atom stereocenters. The number of carbonyl (C=O) groups excluding carboxylic acids is 1. The first-order chi connectivity index (χ1) is 7.31. The van der Waals surface area contributed by atoms with Crippen molar-refractivity contribution in [2.24, 2.45) is 0 Å². The van der Waals surface area contributed by atoms with Gasteiger partial charge in [-0.05, 0) is 0 Å². The second-order valence-electron chi connectivity index (χ2n) is 4.47. The second-order valence-corrected chi connectivity index (χ2v) is 6.81. The minimum atomic E-state index is -0.730. The average Bonchev–Trinajstić information content (AvgIpc) is 2.26. The molecule has 0 saturated carbocycles. The molecular weight excluding hydrogens is 212 g/mol.